The van der Waals surface area contributed by atoms with Crippen LogP contribution in [0, 0.1) is 5.92 Å². The summed E-state index contributed by atoms with van der Waals surface area (Å²) in [6.07, 6.45) is -0.00122. The van der Waals surface area contributed by atoms with Gasteiger partial charge in [-0.25, -0.2) is 4.79 Å². The molecule has 0 aliphatic carbocycles. The van der Waals surface area contributed by atoms with E-state index in [1.807, 2.05) is 6.07 Å². The summed E-state index contributed by atoms with van der Waals surface area (Å²) in [6, 6.07) is 15.2. The number of carbonyl (C=O) groups excluding carboxylic acids is 4. The molecule has 156 valence electrons. The number of amides is 2. The maximum atomic E-state index is 12.3. The first-order valence-electron chi connectivity index (χ1n) is 9.57. The van der Waals surface area contributed by atoms with Crippen molar-refractivity contribution in [2.45, 2.75) is 13.3 Å². The standard InChI is InChI=1S/C22H22N2O6/c1-2-29-21(27)15-8-10-18(11-9-15)24-13-16(12-20(24)26)22(28)30-14-19(25)23-17-6-4-3-5-7-17/h3-11,16H,2,12-14H2,1H3,(H,23,25)/t16-/m1/s1. The molecule has 1 N–H and O–H groups in total. The van der Waals surface area contributed by atoms with Crippen molar-refractivity contribution >= 4 is 35.1 Å². The number of anilines is 2. The van der Waals surface area contributed by atoms with Crippen molar-refractivity contribution < 1.29 is 28.7 Å². The Morgan fingerprint density at radius 1 is 1.03 bits per heavy atom. The van der Waals surface area contributed by atoms with E-state index in [0.717, 1.165) is 0 Å². The Labute approximate surface area is 173 Å². The number of esters is 2. The van der Waals surface area contributed by atoms with Gasteiger partial charge in [-0.15, -0.1) is 0 Å². The minimum Gasteiger partial charge on any atom is -0.462 e. The number of carbonyl (C=O) groups is 4. The first kappa shape index (κ1) is 21.0. The van der Waals surface area contributed by atoms with Gasteiger partial charge in [0.05, 0.1) is 18.1 Å². The molecule has 1 fully saturated rings. The molecule has 2 aromatic rings. The van der Waals surface area contributed by atoms with Crippen molar-refractivity contribution in [1.29, 1.82) is 0 Å². The molecule has 0 spiro atoms. The quantitative estimate of drug-likeness (QED) is 0.704. The normalized spacial score (nSPS) is 15.6. The largest absolute Gasteiger partial charge is 0.462 e. The molecule has 8 heteroatoms. The van der Waals surface area contributed by atoms with Crippen LogP contribution in [0.5, 0.6) is 0 Å². The van der Waals surface area contributed by atoms with Crippen LogP contribution in [0.4, 0.5) is 11.4 Å². The number of hydrogen-bond acceptors (Lipinski definition) is 6. The molecular weight excluding hydrogens is 388 g/mol. The van der Waals surface area contributed by atoms with Crippen LogP contribution in [0.15, 0.2) is 54.6 Å². The summed E-state index contributed by atoms with van der Waals surface area (Å²) in [4.78, 5) is 49.7. The third-order valence-corrected chi connectivity index (χ3v) is 4.55. The fourth-order valence-electron chi connectivity index (χ4n) is 3.08. The molecule has 0 saturated carbocycles. The molecule has 0 aromatic heterocycles. The molecule has 3 rings (SSSR count). The van der Waals surface area contributed by atoms with Crippen LogP contribution in [0.25, 0.3) is 0 Å². The number of hydrogen-bond donors (Lipinski definition) is 1. The third kappa shape index (κ3) is 5.22. The predicted molar refractivity (Wildman–Crippen MR) is 109 cm³/mol. The van der Waals surface area contributed by atoms with E-state index in [2.05, 4.69) is 5.32 Å². The zero-order valence-corrected chi connectivity index (χ0v) is 16.5. The topological polar surface area (TPSA) is 102 Å². The molecule has 1 atom stereocenters. The van der Waals surface area contributed by atoms with E-state index in [9.17, 15) is 19.2 Å². The van der Waals surface area contributed by atoms with Crippen LogP contribution in [0.2, 0.25) is 0 Å². The minimum atomic E-state index is -0.660. The highest BCUT2D eigenvalue weighted by Crippen LogP contribution is 2.26. The highest BCUT2D eigenvalue weighted by Gasteiger charge is 2.36. The Hall–Kier alpha value is -3.68. The summed E-state index contributed by atoms with van der Waals surface area (Å²) >= 11 is 0. The monoisotopic (exact) mass is 410 g/mol. The zero-order chi connectivity index (χ0) is 21.5. The van der Waals surface area contributed by atoms with Gasteiger partial charge in [-0.1, -0.05) is 18.2 Å². The van der Waals surface area contributed by atoms with Crippen LogP contribution < -0.4 is 10.2 Å². The SMILES string of the molecule is CCOC(=O)c1ccc(N2C[C@H](C(=O)OCC(=O)Nc3ccccc3)CC2=O)cc1. The fraction of sp³-hybridized carbons (Fsp3) is 0.273. The lowest BCUT2D eigenvalue weighted by Crippen LogP contribution is -2.28. The van der Waals surface area contributed by atoms with Gasteiger partial charge in [-0.3, -0.25) is 14.4 Å². The van der Waals surface area contributed by atoms with Crippen LogP contribution in [-0.4, -0.2) is 43.5 Å². The number of nitrogens with zero attached hydrogens (tertiary/aromatic N) is 1. The summed E-state index contributed by atoms with van der Waals surface area (Å²) < 4.78 is 10.0. The van der Waals surface area contributed by atoms with Crippen molar-refractivity contribution in [3.8, 4) is 0 Å². The highest BCUT2D eigenvalue weighted by atomic mass is 16.5. The number of rotatable bonds is 7. The number of nitrogens with one attached hydrogen (secondary N) is 1. The zero-order valence-electron chi connectivity index (χ0n) is 16.5. The summed E-state index contributed by atoms with van der Waals surface area (Å²) in [5, 5.41) is 2.62. The maximum absolute atomic E-state index is 12.3. The van der Waals surface area contributed by atoms with E-state index < -0.39 is 30.4 Å². The van der Waals surface area contributed by atoms with Crippen molar-refractivity contribution in [1.82, 2.24) is 0 Å². The van der Waals surface area contributed by atoms with E-state index in [-0.39, 0.29) is 25.5 Å². The molecule has 0 radical (unpaired) electrons. The smallest absolute Gasteiger partial charge is 0.338 e. The Kier molecular flexibility index (Phi) is 6.79. The summed E-state index contributed by atoms with van der Waals surface area (Å²) in [6.45, 7) is 1.72. The first-order valence-corrected chi connectivity index (χ1v) is 9.57. The first-order chi connectivity index (χ1) is 14.5. The van der Waals surface area contributed by atoms with Gasteiger partial charge in [0, 0.05) is 24.3 Å². The van der Waals surface area contributed by atoms with Crippen LogP contribution >= 0.6 is 0 Å². The maximum Gasteiger partial charge on any atom is 0.338 e. The summed E-state index contributed by atoms with van der Waals surface area (Å²) in [7, 11) is 0. The van der Waals surface area contributed by atoms with Gasteiger partial charge in [0.1, 0.15) is 0 Å². The van der Waals surface area contributed by atoms with Gasteiger partial charge in [-0.2, -0.15) is 0 Å². The molecule has 1 heterocycles. The lowest BCUT2D eigenvalue weighted by Gasteiger charge is -2.17. The number of para-hydroxylation sites is 1. The van der Waals surface area contributed by atoms with Gasteiger partial charge in [0.2, 0.25) is 5.91 Å². The van der Waals surface area contributed by atoms with Crippen LogP contribution in [-0.2, 0) is 23.9 Å². The van der Waals surface area contributed by atoms with Crippen molar-refractivity contribution in [3.05, 3.63) is 60.2 Å². The molecule has 30 heavy (non-hydrogen) atoms. The molecule has 1 aliphatic rings. The summed E-state index contributed by atoms with van der Waals surface area (Å²) in [5.41, 5.74) is 1.56. The molecule has 8 nitrogen and oxygen atoms in total. The Balaban J connectivity index is 1.52. The van der Waals surface area contributed by atoms with E-state index in [1.54, 1.807) is 55.5 Å². The van der Waals surface area contributed by atoms with Gasteiger partial charge >= 0.3 is 11.9 Å². The molecule has 1 saturated heterocycles. The fourth-order valence-corrected chi connectivity index (χ4v) is 3.08. The second-order valence-corrected chi connectivity index (χ2v) is 6.69. The Morgan fingerprint density at radius 2 is 1.73 bits per heavy atom. The molecule has 0 bridgehead atoms. The van der Waals surface area contributed by atoms with Crippen LogP contribution in [0.3, 0.4) is 0 Å². The molecule has 1 aliphatic heterocycles. The van der Waals surface area contributed by atoms with Crippen molar-refractivity contribution in [2.24, 2.45) is 5.92 Å². The van der Waals surface area contributed by atoms with E-state index in [0.29, 0.717) is 16.9 Å². The molecule has 2 amide bonds. The molecule has 0 unspecified atom stereocenters. The van der Waals surface area contributed by atoms with Gasteiger partial charge < -0.3 is 19.7 Å². The van der Waals surface area contributed by atoms with E-state index in [4.69, 9.17) is 9.47 Å². The predicted octanol–water partition coefficient (Wildman–Crippen LogP) is 2.40. The van der Waals surface area contributed by atoms with Crippen molar-refractivity contribution in [3.63, 3.8) is 0 Å². The Morgan fingerprint density at radius 3 is 2.40 bits per heavy atom. The highest BCUT2D eigenvalue weighted by molar-refractivity contribution is 6.00. The average molecular weight is 410 g/mol. The van der Waals surface area contributed by atoms with Gasteiger partial charge in [0.15, 0.2) is 6.61 Å². The second-order valence-electron chi connectivity index (χ2n) is 6.69. The number of ether oxygens (including phenoxy) is 2. The summed E-state index contributed by atoms with van der Waals surface area (Å²) in [5.74, 6) is -2.38. The number of benzene rings is 2. The average Bonchev–Trinajstić information content (AvgIpc) is 3.15. The van der Waals surface area contributed by atoms with E-state index in [1.165, 1.54) is 4.90 Å². The second kappa shape index (κ2) is 9.69. The van der Waals surface area contributed by atoms with Crippen LogP contribution in [0.1, 0.15) is 23.7 Å². The van der Waals surface area contributed by atoms with Gasteiger partial charge in [-0.05, 0) is 43.3 Å². The molecular formula is C22H22N2O6. The van der Waals surface area contributed by atoms with Gasteiger partial charge in [0.25, 0.3) is 5.91 Å². The lowest BCUT2D eigenvalue weighted by atomic mass is 10.1. The van der Waals surface area contributed by atoms with E-state index >= 15 is 0 Å². The van der Waals surface area contributed by atoms with Crippen molar-refractivity contribution in [2.75, 3.05) is 30.0 Å². The third-order valence-electron chi connectivity index (χ3n) is 4.55. The molecule has 2 aromatic carbocycles. The Bertz CT molecular complexity index is 926. The minimum absolute atomic E-state index is 0.00122. The lowest BCUT2D eigenvalue weighted by molar-refractivity contribution is -0.151.